The predicted octanol–water partition coefficient (Wildman–Crippen LogP) is 4.35. The van der Waals surface area contributed by atoms with E-state index in [1.54, 1.807) is 19.1 Å². The maximum atomic E-state index is 13.1. The van der Waals surface area contributed by atoms with E-state index in [-0.39, 0.29) is 17.7 Å². The number of carbonyl (C=O) groups excluding carboxylic acids is 1. The van der Waals surface area contributed by atoms with Crippen LogP contribution in [0.2, 0.25) is 0 Å². The molecule has 0 aromatic heterocycles. The molecule has 0 radical (unpaired) electrons. The van der Waals surface area contributed by atoms with Crippen LogP contribution in [0.25, 0.3) is 0 Å². The van der Waals surface area contributed by atoms with E-state index in [1.807, 2.05) is 6.92 Å². The fraction of sp³-hybridized carbons (Fsp3) is 0.471. The molecule has 20 heavy (non-hydrogen) atoms. The van der Waals surface area contributed by atoms with Gasteiger partial charge in [0.15, 0.2) is 0 Å². The van der Waals surface area contributed by atoms with Crippen LogP contribution in [0.3, 0.4) is 0 Å². The van der Waals surface area contributed by atoms with Gasteiger partial charge in [-0.2, -0.15) is 0 Å². The molecule has 0 aliphatic heterocycles. The lowest BCUT2D eigenvalue weighted by atomic mass is 9.81. The summed E-state index contributed by atoms with van der Waals surface area (Å²) in [5.74, 6) is -0.395. The summed E-state index contributed by atoms with van der Waals surface area (Å²) in [5.41, 5.74) is 0.525. The van der Waals surface area contributed by atoms with E-state index in [2.05, 4.69) is 6.58 Å². The molecule has 1 aromatic carbocycles. The molecule has 2 rings (SSSR count). The van der Waals surface area contributed by atoms with Crippen molar-refractivity contribution in [1.29, 1.82) is 0 Å². The number of halogens is 1. The number of benzene rings is 1. The fourth-order valence-corrected chi connectivity index (χ4v) is 2.92. The zero-order valence-corrected chi connectivity index (χ0v) is 12.1. The average molecular weight is 276 g/mol. The maximum absolute atomic E-state index is 13.1. The van der Waals surface area contributed by atoms with Gasteiger partial charge in [-0.1, -0.05) is 31.6 Å². The van der Waals surface area contributed by atoms with E-state index in [4.69, 9.17) is 4.74 Å². The van der Waals surface area contributed by atoms with Gasteiger partial charge < -0.3 is 4.74 Å². The van der Waals surface area contributed by atoms with E-state index < -0.39 is 5.60 Å². The van der Waals surface area contributed by atoms with Crippen molar-refractivity contribution in [2.45, 2.75) is 45.1 Å². The van der Waals surface area contributed by atoms with Crippen molar-refractivity contribution in [2.75, 3.05) is 0 Å². The molecule has 1 fully saturated rings. The van der Waals surface area contributed by atoms with Gasteiger partial charge in [0, 0.05) is 11.5 Å². The maximum Gasteiger partial charge on any atom is 0.333 e. The van der Waals surface area contributed by atoms with Crippen molar-refractivity contribution in [1.82, 2.24) is 0 Å². The monoisotopic (exact) mass is 276 g/mol. The van der Waals surface area contributed by atoms with Crippen molar-refractivity contribution >= 4 is 5.97 Å². The third-order valence-corrected chi connectivity index (χ3v) is 4.20. The second-order valence-corrected chi connectivity index (χ2v) is 5.77. The standard InChI is InChI=1S/C17H21FO2/c1-12(2)16(19)20-17(3,13-6-4-5-7-13)14-8-10-15(18)11-9-14/h8-11,13H,1,4-7H2,2-3H3. The SMILES string of the molecule is C=C(C)C(=O)OC(C)(c1ccc(F)cc1)C1CCCC1. The molecule has 108 valence electrons. The Morgan fingerprint density at radius 1 is 1.30 bits per heavy atom. The summed E-state index contributed by atoms with van der Waals surface area (Å²) in [7, 11) is 0. The first kappa shape index (κ1) is 14.8. The highest BCUT2D eigenvalue weighted by Gasteiger charge is 2.41. The van der Waals surface area contributed by atoms with Gasteiger partial charge in [-0.3, -0.25) is 0 Å². The minimum Gasteiger partial charge on any atom is -0.451 e. The lowest BCUT2D eigenvalue weighted by Crippen LogP contribution is -2.36. The molecule has 3 heteroatoms. The molecule has 0 spiro atoms. The molecule has 1 saturated carbocycles. The number of hydrogen-bond donors (Lipinski definition) is 0. The van der Waals surface area contributed by atoms with Gasteiger partial charge >= 0.3 is 5.97 Å². The highest BCUT2D eigenvalue weighted by molar-refractivity contribution is 5.87. The van der Waals surface area contributed by atoms with Crippen LogP contribution in [-0.4, -0.2) is 5.97 Å². The largest absolute Gasteiger partial charge is 0.451 e. The van der Waals surface area contributed by atoms with Crippen molar-refractivity contribution < 1.29 is 13.9 Å². The van der Waals surface area contributed by atoms with Crippen LogP contribution in [0.5, 0.6) is 0 Å². The molecular weight excluding hydrogens is 255 g/mol. The number of esters is 1. The first-order chi connectivity index (χ1) is 9.43. The summed E-state index contributed by atoms with van der Waals surface area (Å²) in [6, 6.07) is 6.24. The lowest BCUT2D eigenvalue weighted by Gasteiger charge is -2.36. The Labute approximate surface area is 119 Å². The van der Waals surface area contributed by atoms with Crippen molar-refractivity contribution in [3.8, 4) is 0 Å². The minimum absolute atomic E-state index is 0.274. The van der Waals surface area contributed by atoms with Gasteiger partial charge in [0.05, 0.1) is 0 Å². The Hall–Kier alpha value is -1.64. The summed E-state index contributed by atoms with van der Waals surface area (Å²) in [4.78, 5) is 12.0. The van der Waals surface area contributed by atoms with Crippen LogP contribution in [0.15, 0.2) is 36.4 Å². The van der Waals surface area contributed by atoms with Gasteiger partial charge in [0.2, 0.25) is 0 Å². The zero-order chi connectivity index (χ0) is 14.8. The van der Waals surface area contributed by atoms with E-state index in [9.17, 15) is 9.18 Å². The van der Waals surface area contributed by atoms with Crippen LogP contribution < -0.4 is 0 Å². The van der Waals surface area contributed by atoms with Gasteiger partial charge in [0.1, 0.15) is 11.4 Å². The van der Waals surface area contributed by atoms with E-state index in [1.165, 1.54) is 12.1 Å². The summed E-state index contributed by atoms with van der Waals surface area (Å²) in [6.07, 6.45) is 4.34. The van der Waals surface area contributed by atoms with Crippen LogP contribution in [0, 0.1) is 11.7 Å². The Bertz CT molecular complexity index is 500. The summed E-state index contributed by atoms with van der Waals surface area (Å²) >= 11 is 0. The Morgan fingerprint density at radius 3 is 2.35 bits per heavy atom. The molecule has 1 aliphatic rings. The molecule has 0 saturated heterocycles. The van der Waals surface area contributed by atoms with Gasteiger partial charge in [-0.05, 0) is 44.4 Å². The third kappa shape index (κ3) is 2.92. The molecule has 1 aromatic rings. The van der Waals surface area contributed by atoms with Gasteiger partial charge in [0.25, 0.3) is 0 Å². The molecule has 0 N–H and O–H groups in total. The summed E-state index contributed by atoms with van der Waals surface area (Å²) in [5, 5.41) is 0. The first-order valence-corrected chi connectivity index (χ1v) is 7.08. The summed E-state index contributed by atoms with van der Waals surface area (Å²) < 4.78 is 18.9. The van der Waals surface area contributed by atoms with E-state index in [0.717, 1.165) is 31.2 Å². The Morgan fingerprint density at radius 2 is 1.85 bits per heavy atom. The zero-order valence-electron chi connectivity index (χ0n) is 12.1. The highest BCUT2D eigenvalue weighted by atomic mass is 19.1. The minimum atomic E-state index is -0.708. The second-order valence-electron chi connectivity index (χ2n) is 5.77. The van der Waals surface area contributed by atoms with Crippen molar-refractivity contribution in [3.05, 3.63) is 47.8 Å². The number of carbonyl (C=O) groups is 1. The van der Waals surface area contributed by atoms with Crippen LogP contribution in [0.1, 0.15) is 45.1 Å². The molecule has 1 aliphatic carbocycles. The van der Waals surface area contributed by atoms with Crippen LogP contribution in [-0.2, 0) is 15.1 Å². The van der Waals surface area contributed by atoms with E-state index >= 15 is 0 Å². The molecular formula is C17H21FO2. The predicted molar refractivity (Wildman–Crippen MR) is 76.6 cm³/mol. The normalized spacial score (nSPS) is 18.6. The second kappa shape index (κ2) is 5.78. The Kier molecular flexibility index (Phi) is 4.26. The molecule has 2 nitrogen and oxygen atoms in total. The first-order valence-electron chi connectivity index (χ1n) is 7.08. The molecule has 0 bridgehead atoms. The number of ether oxygens (including phenoxy) is 1. The molecule has 1 unspecified atom stereocenters. The number of rotatable bonds is 4. The fourth-order valence-electron chi connectivity index (χ4n) is 2.92. The van der Waals surface area contributed by atoms with Gasteiger partial charge in [-0.25, -0.2) is 9.18 Å². The van der Waals surface area contributed by atoms with Gasteiger partial charge in [-0.15, -0.1) is 0 Å². The quantitative estimate of drug-likeness (QED) is 0.603. The highest BCUT2D eigenvalue weighted by Crippen LogP contribution is 2.43. The van der Waals surface area contributed by atoms with Crippen molar-refractivity contribution in [3.63, 3.8) is 0 Å². The summed E-state index contributed by atoms with van der Waals surface area (Å²) in [6.45, 7) is 7.21. The van der Waals surface area contributed by atoms with Crippen LogP contribution >= 0.6 is 0 Å². The average Bonchev–Trinajstić information content (AvgIpc) is 2.93. The molecule has 0 heterocycles. The third-order valence-electron chi connectivity index (χ3n) is 4.20. The Balaban J connectivity index is 2.34. The topological polar surface area (TPSA) is 26.3 Å². The molecule has 0 amide bonds. The molecule has 1 atom stereocenters. The lowest BCUT2D eigenvalue weighted by molar-refractivity contribution is -0.160. The van der Waals surface area contributed by atoms with E-state index in [0.29, 0.717) is 5.57 Å². The van der Waals surface area contributed by atoms with Crippen LogP contribution in [0.4, 0.5) is 4.39 Å². The van der Waals surface area contributed by atoms with Crippen molar-refractivity contribution in [2.24, 2.45) is 5.92 Å². The smallest absolute Gasteiger partial charge is 0.333 e. The number of hydrogen-bond acceptors (Lipinski definition) is 2.